The van der Waals surface area contributed by atoms with Crippen LogP contribution in [0.3, 0.4) is 0 Å². The first-order chi connectivity index (χ1) is 22.7. The molecule has 0 aliphatic carbocycles. The van der Waals surface area contributed by atoms with E-state index < -0.39 is 0 Å². The van der Waals surface area contributed by atoms with E-state index >= 15 is 0 Å². The summed E-state index contributed by atoms with van der Waals surface area (Å²) in [4.78, 5) is 9.81. The summed E-state index contributed by atoms with van der Waals surface area (Å²) < 4.78 is 2.54. The van der Waals surface area contributed by atoms with Crippen molar-refractivity contribution in [2.24, 2.45) is 16.6 Å². The van der Waals surface area contributed by atoms with E-state index in [1.54, 1.807) is 0 Å². The number of fused-ring (bicyclic) bond motifs is 1. The number of hydrogen-bond acceptors (Lipinski definition) is 4. The van der Waals surface area contributed by atoms with Crippen molar-refractivity contribution in [1.82, 2.24) is 14.5 Å². The summed E-state index contributed by atoms with van der Waals surface area (Å²) >= 11 is 0. The highest BCUT2D eigenvalue weighted by atomic mass is 15.3. The quantitative estimate of drug-likeness (QED) is 0.221. The number of aromatic nitrogens is 2. The van der Waals surface area contributed by atoms with Gasteiger partial charge in [-0.3, -0.25) is 4.98 Å². The van der Waals surface area contributed by atoms with E-state index in [4.69, 9.17) is 4.98 Å². The van der Waals surface area contributed by atoms with Crippen molar-refractivity contribution in [3.63, 3.8) is 0 Å². The summed E-state index contributed by atoms with van der Waals surface area (Å²) in [5, 5.41) is 1.42. The van der Waals surface area contributed by atoms with E-state index in [9.17, 15) is 0 Å². The average Bonchev–Trinajstić information content (AvgIpc) is 3.38. The Labute approximate surface area is 299 Å². The molecule has 0 atom stereocenters. The first-order valence-electron chi connectivity index (χ1n) is 19.3. The van der Waals surface area contributed by atoms with E-state index in [2.05, 4.69) is 134 Å². The molecule has 3 aromatic rings. The molecule has 0 spiro atoms. The predicted molar refractivity (Wildman–Crippen MR) is 219 cm³/mol. The lowest BCUT2D eigenvalue weighted by atomic mass is 9.65. The molecule has 276 valence electrons. The molecule has 1 aliphatic heterocycles. The fraction of sp³-hybridized carbons (Fsp3) is 0.698. The maximum Gasteiger partial charge on any atom is 0.0542 e. The van der Waals surface area contributed by atoms with Crippen LogP contribution in [0.2, 0.25) is 0 Å². The number of hydrogen-bond donors (Lipinski definition) is 1. The van der Waals surface area contributed by atoms with Crippen LogP contribution in [0.15, 0.2) is 30.5 Å². The van der Waals surface area contributed by atoms with Gasteiger partial charge in [-0.25, -0.2) is 0 Å². The van der Waals surface area contributed by atoms with Crippen LogP contribution in [0.4, 0.5) is 5.69 Å². The second-order valence-corrected chi connectivity index (χ2v) is 14.7. The number of pyridine rings is 1. The molecule has 5 heteroatoms. The molecule has 3 heterocycles. The Morgan fingerprint density at radius 1 is 0.896 bits per heavy atom. The number of benzene rings is 1. The standard InChI is InChI=1S/C31H45N3.C7H17N.2C2H6.CH5N/c1-11-26-24(16-21(4)19-32-26)28-25(18-29(5,6)12-2)23-17-22(14-15-27(23)33(28)13-3)34-20-30(7,8)31(34,9)10;1-4-6-8(3)7-5-2;3*1-2/h14-17,19H,11-13,18,20H2,1-10H3;4-7H2,1-3H3;2*1-2H3;2H2,1H3. The summed E-state index contributed by atoms with van der Waals surface area (Å²) in [7, 11) is 3.67. The molecule has 0 bridgehead atoms. The number of nitrogens with two attached hydrogens (primary N) is 1. The van der Waals surface area contributed by atoms with Crippen LogP contribution in [-0.4, -0.2) is 53.7 Å². The largest absolute Gasteiger partial charge is 0.365 e. The van der Waals surface area contributed by atoms with Crippen molar-refractivity contribution in [3.8, 4) is 11.3 Å². The summed E-state index contributed by atoms with van der Waals surface area (Å²) in [6.45, 7) is 40.3. The van der Waals surface area contributed by atoms with Gasteiger partial charge in [-0.05, 0) is 121 Å². The minimum absolute atomic E-state index is 0.148. The number of aryl methyl sites for hydroxylation is 3. The van der Waals surface area contributed by atoms with E-state index in [-0.39, 0.29) is 11.0 Å². The van der Waals surface area contributed by atoms with Gasteiger partial charge in [-0.1, -0.05) is 89.5 Å². The Morgan fingerprint density at radius 2 is 1.46 bits per heavy atom. The maximum absolute atomic E-state index is 4.86. The lowest BCUT2D eigenvalue weighted by molar-refractivity contribution is 0.0980. The second-order valence-electron chi connectivity index (χ2n) is 14.7. The predicted octanol–water partition coefficient (Wildman–Crippen LogP) is 11.6. The van der Waals surface area contributed by atoms with Crippen molar-refractivity contribution < 1.29 is 0 Å². The van der Waals surface area contributed by atoms with Gasteiger partial charge in [-0.15, -0.1) is 0 Å². The molecule has 0 amide bonds. The highest BCUT2D eigenvalue weighted by molar-refractivity contribution is 5.95. The summed E-state index contributed by atoms with van der Waals surface area (Å²) in [6, 6.07) is 9.56. The number of anilines is 1. The zero-order chi connectivity index (χ0) is 37.5. The van der Waals surface area contributed by atoms with Crippen LogP contribution in [0.25, 0.3) is 22.2 Å². The van der Waals surface area contributed by atoms with Crippen LogP contribution in [0.5, 0.6) is 0 Å². The molecule has 1 aromatic carbocycles. The zero-order valence-corrected chi connectivity index (χ0v) is 35.1. The summed E-state index contributed by atoms with van der Waals surface area (Å²) in [5.41, 5.74) is 14.5. The van der Waals surface area contributed by atoms with E-state index in [1.807, 2.05) is 33.9 Å². The third-order valence-electron chi connectivity index (χ3n) is 10.2. The molecule has 48 heavy (non-hydrogen) atoms. The van der Waals surface area contributed by atoms with Crippen LogP contribution in [0, 0.1) is 17.8 Å². The van der Waals surface area contributed by atoms with Gasteiger partial charge in [-0.2, -0.15) is 0 Å². The van der Waals surface area contributed by atoms with Gasteiger partial charge in [0, 0.05) is 58.1 Å². The Bertz CT molecular complexity index is 1320. The Kier molecular flexibility index (Phi) is 19.9. The molecule has 1 aliphatic rings. The van der Waals surface area contributed by atoms with Gasteiger partial charge in [0.1, 0.15) is 0 Å². The molecule has 0 unspecified atom stereocenters. The van der Waals surface area contributed by atoms with Crippen LogP contribution >= 0.6 is 0 Å². The van der Waals surface area contributed by atoms with E-state index in [1.165, 1.54) is 77.6 Å². The van der Waals surface area contributed by atoms with Gasteiger partial charge >= 0.3 is 0 Å². The van der Waals surface area contributed by atoms with Gasteiger partial charge in [0.15, 0.2) is 0 Å². The van der Waals surface area contributed by atoms with E-state index in [0.29, 0.717) is 5.41 Å². The fourth-order valence-electron chi connectivity index (χ4n) is 6.43. The summed E-state index contributed by atoms with van der Waals surface area (Å²) in [5.74, 6) is 0. The third kappa shape index (κ3) is 10.8. The smallest absolute Gasteiger partial charge is 0.0542 e. The molecule has 2 aromatic heterocycles. The Balaban J connectivity index is 0.00000136. The van der Waals surface area contributed by atoms with Gasteiger partial charge in [0.25, 0.3) is 0 Å². The second kappa shape index (κ2) is 21.0. The normalized spacial score (nSPS) is 14.4. The van der Waals surface area contributed by atoms with Crippen molar-refractivity contribution in [2.45, 2.75) is 155 Å². The van der Waals surface area contributed by atoms with E-state index in [0.717, 1.165) is 32.4 Å². The first kappa shape index (κ1) is 45.6. The van der Waals surface area contributed by atoms with Gasteiger partial charge in [0.2, 0.25) is 0 Å². The topological polar surface area (TPSA) is 50.3 Å². The highest BCUT2D eigenvalue weighted by Crippen LogP contribution is 2.50. The zero-order valence-electron chi connectivity index (χ0n) is 35.1. The molecular weight excluding hydrogens is 587 g/mol. The number of nitrogens with zero attached hydrogens (tertiary/aromatic N) is 4. The molecule has 1 fully saturated rings. The van der Waals surface area contributed by atoms with Crippen molar-refractivity contribution in [2.75, 3.05) is 38.6 Å². The molecule has 5 nitrogen and oxygen atoms in total. The summed E-state index contributed by atoms with van der Waals surface area (Å²) in [6.07, 6.45) is 7.73. The lowest BCUT2D eigenvalue weighted by Crippen LogP contribution is -2.69. The van der Waals surface area contributed by atoms with Gasteiger partial charge in [0.05, 0.1) is 5.69 Å². The van der Waals surface area contributed by atoms with Crippen LogP contribution in [-0.2, 0) is 19.4 Å². The van der Waals surface area contributed by atoms with Crippen LogP contribution in [0.1, 0.15) is 140 Å². The fourth-order valence-corrected chi connectivity index (χ4v) is 6.43. The van der Waals surface area contributed by atoms with Gasteiger partial charge < -0.3 is 20.1 Å². The molecule has 0 radical (unpaired) electrons. The molecule has 1 saturated heterocycles. The van der Waals surface area contributed by atoms with Crippen molar-refractivity contribution in [1.29, 1.82) is 0 Å². The first-order valence-corrected chi connectivity index (χ1v) is 19.3. The lowest BCUT2D eigenvalue weighted by Gasteiger charge is -2.62. The minimum Gasteiger partial charge on any atom is -0.365 e. The van der Waals surface area contributed by atoms with Crippen molar-refractivity contribution in [3.05, 3.63) is 47.3 Å². The Morgan fingerprint density at radius 3 is 1.90 bits per heavy atom. The minimum atomic E-state index is 0.148. The maximum atomic E-state index is 4.86. The highest BCUT2D eigenvalue weighted by Gasteiger charge is 2.52. The SMILES string of the molecule is CC.CC.CCCN(C)CCC.CCc1ncc(C)cc1-c1c(CC(C)(C)CC)c2cc(N3CC(C)(C)C3(C)C)ccc2n1CC.CN. The number of rotatable bonds is 11. The molecular formula is C43H79N5. The van der Waals surface area contributed by atoms with Crippen molar-refractivity contribution >= 4 is 16.6 Å². The molecule has 2 N–H and O–H groups in total. The third-order valence-corrected chi connectivity index (χ3v) is 10.2. The average molecular weight is 666 g/mol. The molecule has 4 rings (SSSR count). The molecule has 0 saturated carbocycles. The monoisotopic (exact) mass is 666 g/mol. The van der Waals surface area contributed by atoms with Crippen LogP contribution < -0.4 is 10.6 Å². The Hall–Kier alpha value is -2.37.